The molecule has 0 spiro atoms. The second-order valence-corrected chi connectivity index (χ2v) is 6.00. The van der Waals surface area contributed by atoms with Crippen LogP contribution in [0.5, 0.6) is 0 Å². The lowest BCUT2D eigenvalue weighted by Gasteiger charge is -2.12. The molecular weight excluding hydrogens is 272 g/mol. The van der Waals surface area contributed by atoms with E-state index in [1.165, 1.54) is 5.56 Å². The fourth-order valence-corrected chi connectivity index (χ4v) is 3.11. The Morgan fingerprint density at radius 1 is 1.25 bits per heavy atom. The van der Waals surface area contributed by atoms with Crippen molar-refractivity contribution in [2.45, 2.75) is 39.5 Å². The predicted molar refractivity (Wildman–Crippen MR) is 80.1 cm³/mol. The van der Waals surface area contributed by atoms with Crippen LogP contribution in [0.15, 0.2) is 12.1 Å². The highest BCUT2D eigenvalue weighted by atomic mass is 35.5. The zero-order chi connectivity index (χ0) is 14.4. The number of nitrogens with zero attached hydrogens (tertiary/aromatic N) is 2. The van der Waals surface area contributed by atoms with Crippen LogP contribution < -0.4 is 0 Å². The molecule has 0 atom stereocenters. The van der Waals surface area contributed by atoms with Crippen molar-refractivity contribution in [2.75, 3.05) is 0 Å². The number of carbonyl (C=O) groups is 1. The number of aldehydes is 1. The molecule has 1 saturated carbocycles. The molecule has 3 nitrogen and oxygen atoms in total. The molecule has 1 aromatic carbocycles. The summed E-state index contributed by atoms with van der Waals surface area (Å²) in [6.07, 6.45) is 3.03. The Hall–Kier alpha value is -1.61. The van der Waals surface area contributed by atoms with E-state index in [1.807, 2.05) is 13.8 Å². The van der Waals surface area contributed by atoms with Gasteiger partial charge in [0.25, 0.3) is 0 Å². The first-order valence-corrected chi connectivity index (χ1v) is 7.22. The average Bonchev–Trinajstić information content (AvgIpc) is 3.15. The van der Waals surface area contributed by atoms with E-state index in [4.69, 9.17) is 11.6 Å². The minimum absolute atomic E-state index is 0.403. The molecule has 0 bridgehead atoms. The van der Waals surface area contributed by atoms with Gasteiger partial charge in [-0.05, 0) is 44.7 Å². The Balaban J connectivity index is 2.23. The van der Waals surface area contributed by atoms with Crippen molar-refractivity contribution in [3.05, 3.63) is 45.2 Å². The third kappa shape index (κ3) is 2.06. The van der Waals surface area contributed by atoms with Gasteiger partial charge in [-0.1, -0.05) is 29.3 Å². The summed E-state index contributed by atoms with van der Waals surface area (Å²) in [5.74, 6) is 0.403. The average molecular weight is 289 g/mol. The Bertz CT molecular complexity index is 676. The van der Waals surface area contributed by atoms with E-state index in [1.54, 1.807) is 4.68 Å². The van der Waals surface area contributed by atoms with Crippen LogP contribution in [0, 0.1) is 20.8 Å². The van der Waals surface area contributed by atoms with E-state index in [0.29, 0.717) is 16.6 Å². The van der Waals surface area contributed by atoms with Crippen molar-refractivity contribution in [1.82, 2.24) is 9.78 Å². The summed E-state index contributed by atoms with van der Waals surface area (Å²) in [7, 11) is 0. The van der Waals surface area contributed by atoms with E-state index >= 15 is 0 Å². The first kappa shape index (κ1) is 13.4. The quantitative estimate of drug-likeness (QED) is 0.796. The van der Waals surface area contributed by atoms with Gasteiger partial charge in [0.15, 0.2) is 6.29 Å². The summed E-state index contributed by atoms with van der Waals surface area (Å²) in [5, 5.41) is 5.05. The summed E-state index contributed by atoms with van der Waals surface area (Å²) in [5.41, 5.74) is 5.83. The van der Waals surface area contributed by atoms with Crippen LogP contribution in [0.1, 0.15) is 51.5 Å². The van der Waals surface area contributed by atoms with Crippen LogP contribution in [0.4, 0.5) is 0 Å². The van der Waals surface area contributed by atoms with Gasteiger partial charge < -0.3 is 0 Å². The van der Waals surface area contributed by atoms with Gasteiger partial charge in [-0.3, -0.25) is 4.79 Å². The molecule has 20 heavy (non-hydrogen) atoms. The fourth-order valence-electron chi connectivity index (χ4n) is 2.85. The molecule has 2 aromatic rings. The number of hydrogen-bond donors (Lipinski definition) is 0. The maximum atomic E-state index is 11.3. The fraction of sp³-hybridized carbons (Fsp3) is 0.375. The van der Waals surface area contributed by atoms with Gasteiger partial charge in [0.2, 0.25) is 0 Å². The lowest BCUT2D eigenvalue weighted by atomic mass is 10.1. The van der Waals surface area contributed by atoms with Crippen molar-refractivity contribution >= 4 is 17.9 Å². The van der Waals surface area contributed by atoms with Crippen molar-refractivity contribution in [2.24, 2.45) is 0 Å². The van der Waals surface area contributed by atoms with Gasteiger partial charge in [-0.15, -0.1) is 0 Å². The van der Waals surface area contributed by atoms with Crippen LogP contribution in [-0.4, -0.2) is 16.1 Å². The molecule has 0 aliphatic heterocycles. The molecule has 0 radical (unpaired) electrons. The van der Waals surface area contributed by atoms with Crippen LogP contribution in [-0.2, 0) is 0 Å². The van der Waals surface area contributed by atoms with E-state index in [9.17, 15) is 4.79 Å². The van der Waals surface area contributed by atoms with E-state index in [2.05, 4.69) is 24.2 Å². The molecule has 3 rings (SSSR count). The lowest BCUT2D eigenvalue weighted by Crippen LogP contribution is -2.03. The Morgan fingerprint density at radius 2 is 1.85 bits per heavy atom. The zero-order valence-electron chi connectivity index (χ0n) is 11.9. The number of benzene rings is 1. The molecule has 1 heterocycles. The van der Waals surface area contributed by atoms with Crippen LogP contribution in [0.2, 0.25) is 5.15 Å². The molecule has 1 aliphatic carbocycles. The highest BCUT2D eigenvalue weighted by Gasteiger charge is 2.32. The third-order valence-electron chi connectivity index (χ3n) is 3.82. The van der Waals surface area contributed by atoms with Gasteiger partial charge in [0, 0.05) is 5.92 Å². The Morgan fingerprint density at radius 3 is 2.35 bits per heavy atom. The number of rotatable bonds is 3. The predicted octanol–water partition coefficient (Wildman–Crippen LogP) is 4.14. The SMILES string of the molecule is Cc1cc(C)c(-n2nc(C3CC3)c(C=O)c2Cl)c(C)c1. The maximum absolute atomic E-state index is 11.3. The second-order valence-electron chi connectivity index (χ2n) is 5.64. The standard InChI is InChI=1S/C16H17ClN2O/c1-9-6-10(2)15(11(3)7-9)19-16(17)13(8-20)14(18-19)12-4-5-12/h6-8,12H,4-5H2,1-3H3. The monoisotopic (exact) mass is 288 g/mol. The van der Waals surface area contributed by atoms with Crippen molar-refractivity contribution in [3.63, 3.8) is 0 Å². The highest BCUT2D eigenvalue weighted by Crippen LogP contribution is 2.42. The van der Waals surface area contributed by atoms with Gasteiger partial charge in [0.05, 0.1) is 16.9 Å². The Kier molecular flexibility index (Phi) is 3.17. The molecule has 1 aliphatic rings. The van der Waals surface area contributed by atoms with E-state index in [0.717, 1.165) is 41.6 Å². The minimum atomic E-state index is 0.403. The minimum Gasteiger partial charge on any atom is -0.298 e. The Labute approximate surface area is 123 Å². The summed E-state index contributed by atoms with van der Waals surface area (Å²) in [4.78, 5) is 11.3. The summed E-state index contributed by atoms with van der Waals surface area (Å²) in [6, 6.07) is 4.22. The van der Waals surface area contributed by atoms with Gasteiger partial charge in [0.1, 0.15) is 5.15 Å². The van der Waals surface area contributed by atoms with Gasteiger partial charge in [-0.2, -0.15) is 5.10 Å². The first-order chi connectivity index (χ1) is 9.52. The number of hydrogen-bond acceptors (Lipinski definition) is 2. The van der Waals surface area contributed by atoms with Crippen molar-refractivity contribution in [3.8, 4) is 5.69 Å². The van der Waals surface area contributed by atoms with Crippen LogP contribution in [0.25, 0.3) is 5.69 Å². The number of aryl methyl sites for hydroxylation is 3. The molecule has 0 unspecified atom stereocenters. The van der Waals surface area contributed by atoms with Gasteiger partial charge >= 0.3 is 0 Å². The van der Waals surface area contributed by atoms with Crippen LogP contribution >= 0.6 is 11.6 Å². The van der Waals surface area contributed by atoms with Crippen LogP contribution in [0.3, 0.4) is 0 Å². The molecule has 4 heteroatoms. The molecule has 0 N–H and O–H groups in total. The van der Waals surface area contributed by atoms with Gasteiger partial charge in [-0.25, -0.2) is 4.68 Å². The summed E-state index contributed by atoms with van der Waals surface area (Å²) in [6.45, 7) is 6.16. The second kappa shape index (κ2) is 4.74. The molecule has 0 saturated heterocycles. The molecule has 1 aromatic heterocycles. The smallest absolute Gasteiger partial charge is 0.155 e. The van der Waals surface area contributed by atoms with Crippen molar-refractivity contribution in [1.29, 1.82) is 0 Å². The largest absolute Gasteiger partial charge is 0.298 e. The highest BCUT2D eigenvalue weighted by molar-refractivity contribution is 6.32. The first-order valence-electron chi connectivity index (χ1n) is 6.84. The maximum Gasteiger partial charge on any atom is 0.155 e. The molecule has 1 fully saturated rings. The summed E-state index contributed by atoms with van der Waals surface area (Å²) < 4.78 is 1.73. The summed E-state index contributed by atoms with van der Waals surface area (Å²) >= 11 is 6.39. The number of carbonyl (C=O) groups excluding carboxylic acids is 1. The van der Waals surface area contributed by atoms with E-state index in [-0.39, 0.29) is 0 Å². The number of aromatic nitrogens is 2. The lowest BCUT2D eigenvalue weighted by molar-refractivity contribution is 0.112. The normalized spacial score (nSPS) is 14.6. The zero-order valence-corrected chi connectivity index (χ0v) is 12.7. The van der Waals surface area contributed by atoms with Crippen molar-refractivity contribution < 1.29 is 4.79 Å². The molecule has 104 valence electrons. The molecule has 0 amide bonds. The topological polar surface area (TPSA) is 34.9 Å². The number of halogens is 1. The van der Waals surface area contributed by atoms with E-state index < -0.39 is 0 Å². The third-order valence-corrected chi connectivity index (χ3v) is 4.18. The molecular formula is C16H17ClN2O.